The molecule has 0 saturated heterocycles. The van der Waals surface area contributed by atoms with Gasteiger partial charge >= 0.3 is 6.61 Å². The van der Waals surface area contributed by atoms with Crippen molar-refractivity contribution in [3.05, 3.63) is 48.0 Å². The Bertz CT molecular complexity index is 542. The summed E-state index contributed by atoms with van der Waals surface area (Å²) < 4.78 is 30.6. The van der Waals surface area contributed by atoms with Gasteiger partial charge in [-0.1, -0.05) is 12.1 Å². The van der Waals surface area contributed by atoms with Gasteiger partial charge in [-0.25, -0.2) is 4.98 Å². The topological polar surface area (TPSA) is 53.1 Å². The van der Waals surface area contributed by atoms with E-state index in [-0.39, 0.29) is 5.75 Å². The van der Waals surface area contributed by atoms with Crippen LogP contribution in [0.15, 0.2) is 36.7 Å². The third-order valence-corrected chi connectivity index (χ3v) is 2.81. The molecular formula is C13H15F2N3O. The standard InChI is InChI=1S/C13H15F2N3O/c1-2-18-7-6-17-12(18)11(16)9-4-3-5-10(8-9)19-13(14)15/h3-8,11,13H,2,16H2,1H3. The Kier molecular flexibility index (Phi) is 4.11. The van der Waals surface area contributed by atoms with Crippen molar-refractivity contribution in [1.82, 2.24) is 9.55 Å². The average molecular weight is 267 g/mol. The van der Waals surface area contributed by atoms with Crippen molar-refractivity contribution < 1.29 is 13.5 Å². The van der Waals surface area contributed by atoms with Gasteiger partial charge in [-0.3, -0.25) is 0 Å². The maximum absolute atomic E-state index is 12.2. The fourth-order valence-electron chi connectivity index (χ4n) is 1.90. The minimum Gasteiger partial charge on any atom is -0.435 e. The number of nitrogens with two attached hydrogens (primary N) is 1. The van der Waals surface area contributed by atoms with Crippen LogP contribution < -0.4 is 10.5 Å². The Morgan fingerprint density at radius 2 is 2.21 bits per heavy atom. The zero-order valence-corrected chi connectivity index (χ0v) is 10.5. The summed E-state index contributed by atoms with van der Waals surface area (Å²) in [6.45, 7) is -0.117. The van der Waals surface area contributed by atoms with Crippen LogP contribution in [0.25, 0.3) is 0 Å². The van der Waals surface area contributed by atoms with E-state index in [1.807, 2.05) is 17.7 Å². The van der Waals surface area contributed by atoms with Crippen molar-refractivity contribution >= 4 is 0 Å². The van der Waals surface area contributed by atoms with Crippen molar-refractivity contribution in [3.8, 4) is 5.75 Å². The monoisotopic (exact) mass is 267 g/mol. The van der Waals surface area contributed by atoms with E-state index in [1.54, 1.807) is 18.3 Å². The number of benzene rings is 1. The van der Waals surface area contributed by atoms with Gasteiger partial charge in [0.1, 0.15) is 11.6 Å². The maximum Gasteiger partial charge on any atom is 0.387 e. The Morgan fingerprint density at radius 1 is 1.42 bits per heavy atom. The van der Waals surface area contributed by atoms with E-state index in [0.29, 0.717) is 11.4 Å². The van der Waals surface area contributed by atoms with Gasteiger partial charge in [-0.15, -0.1) is 0 Å². The Morgan fingerprint density at radius 3 is 2.89 bits per heavy atom. The van der Waals surface area contributed by atoms with Crippen molar-refractivity contribution in [3.63, 3.8) is 0 Å². The van der Waals surface area contributed by atoms with E-state index in [4.69, 9.17) is 5.73 Å². The van der Waals surface area contributed by atoms with E-state index < -0.39 is 12.7 Å². The third kappa shape index (κ3) is 3.08. The minimum atomic E-state index is -2.84. The highest BCUT2D eigenvalue weighted by atomic mass is 19.3. The molecule has 0 bridgehead atoms. The highest BCUT2D eigenvalue weighted by Gasteiger charge is 2.15. The molecule has 1 unspecified atom stereocenters. The van der Waals surface area contributed by atoms with E-state index >= 15 is 0 Å². The molecule has 4 nitrogen and oxygen atoms in total. The number of aryl methyl sites for hydroxylation is 1. The number of imidazole rings is 1. The molecule has 0 fully saturated rings. The summed E-state index contributed by atoms with van der Waals surface area (Å²) >= 11 is 0. The van der Waals surface area contributed by atoms with Gasteiger partial charge in [0, 0.05) is 18.9 Å². The number of nitrogens with zero attached hydrogens (tertiary/aromatic N) is 2. The second kappa shape index (κ2) is 5.79. The highest BCUT2D eigenvalue weighted by Crippen LogP contribution is 2.23. The Hall–Kier alpha value is -1.95. The number of rotatable bonds is 5. The van der Waals surface area contributed by atoms with Crippen LogP contribution in [0.1, 0.15) is 24.4 Å². The van der Waals surface area contributed by atoms with Crippen molar-refractivity contribution in [2.24, 2.45) is 5.73 Å². The second-order valence-corrected chi connectivity index (χ2v) is 4.00. The molecule has 0 aliphatic rings. The van der Waals surface area contributed by atoms with Crippen LogP contribution in [0.2, 0.25) is 0 Å². The number of hydrogen-bond acceptors (Lipinski definition) is 3. The van der Waals surface area contributed by atoms with Gasteiger partial charge < -0.3 is 15.0 Å². The second-order valence-electron chi connectivity index (χ2n) is 4.00. The fraction of sp³-hybridized carbons (Fsp3) is 0.308. The van der Waals surface area contributed by atoms with E-state index in [1.165, 1.54) is 12.1 Å². The average Bonchev–Trinajstić information content (AvgIpc) is 2.85. The first-order valence-corrected chi connectivity index (χ1v) is 5.93. The summed E-state index contributed by atoms with van der Waals surface area (Å²) in [4.78, 5) is 4.20. The van der Waals surface area contributed by atoms with Crippen molar-refractivity contribution in [2.45, 2.75) is 26.1 Å². The summed E-state index contributed by atoms with van der Waals surface area (Å²) in [6.07, 6.45) is 3.49. The quantitative estimate of drug-likeness (QED) is 0.905. The van der Waals surface area contributed by atoms with Crippen molar-refractivity contribution in [2.75, 3.05) is 0 Å². The predicted molar refractivity (Wildman–Crippen MR) is 67.0 cm³/mol. The summed E-state index contributed by atoms with van der Waals surface area (Å²) in [5, 5.41) is 0. The molecule has 0 aliphatic heterocycles. The lowest BCUT2D eigenvalue weighted by Gasteiger charge is -2.14. The molecule has 1 heterocycles. The van der Waals surface area contributed by atoms with E-state index in [2.05, 4.69) is 9.72 Å². The molecule has 1 aromatic carbocycles. The van der Waals surface area contributed by atoms with Crippen LogP contribution in [0.5, 0.6) is 5.75 Å². The van der Waals surface area contributed by atoms with Crippen LogP contribution in [0, 0.1) is 0 Å². The number of hydrogen-bond donors (Lipinski definition) is 1. The number of ether oxygens (including phenoxy) is 1. The lowest BCUT2D eigenvalue weighted by molar-refractivity contribution is -0.0498. The normalized spacial score (nSPS) is 12.7. The molecule has 0 saturated carbocycles. The Labute approximate surface area is 109 Å². The first kappa shape index (κ1) is 13.5. The molecule has 1 aromatic heterocycles. The summed E-state index contributed by atoms with van der Waals surface area (Å²) in [5.41, 5.74) is 6.79. The summed E-state index contributed by atoms with van der Waals surface area (Å²) in [5.74, 6) is 0.786. The molecule has 0 aliphatic carbocycles. The van der Waals surface area contributed by atoms with Gasteiger partial charge in [-0.05, 0) is 24.6 Å². The molecule has 0 radical (unpaired) electrons. The predicted octanol–water partition coefficient (Wildman–Crippen LogP) is 2.55. The largest absolute Gasteiger partial charge is 0.435 e. The Balaban J connectivity index is 2.26. The first-order valence-electron chi connectivity index (χ1n) is 5.93. The zero-order valence-electron chi connectivity index (χ0n) is 10.5. The van der Waals surface area contributed by atoms with E-state index in [0.717, 1.165) is 6.54 Å². The summed E-state index contributed by atoms with van der Waals surface area (Å²) in [6, 6.07) is 5.89. The van der Waals surface area contributed by atoms with Gasteiger partial charge in [0.05, 0.1) is 6.04 Å². The van der Waals surface area contributed by atoms with Crippen LogP contribution in [-0.2, 0) is 6.54 Å². The lowest BCUT2D eigenvalue weighted by Crippen LogP contribution is -2.17. The van der Waals surface area contributed by atoms with Gasteiger partial charge in [0.15, 0.2) is 0 Å². The van der Waals surface area contributed by atoms with Crippen molar-refractivity contribution in [1.29, 1.82) is 0 Å². The SMILES string of the molecule is CCn1ccnc1C(N)c1cccc(OC(F)F)c1. The smallest absolute Gasteiger partial charge is 0.387 e. The number of halogens is 2. The molecule has 0 amide bonds. The van der Waals surface area contributed by atoms with E-state index in [9.17, 15) is 8.78 Å². The maximum atomic E-state index is 12.2. The number of aromatic nitrogens is 2. The highest BCUT2D eigenvalue weighted by molar-refractivity contribution is 5.33. The van der Waals surface area contributed by atoms with Gasteiger partial charge in [0.2, 0.25) is 0 Å². The van der Waals surface area contributed by atoms with Gasteiger partial charge in [-0.2, -0.15) is 8.78 Å². The lowest BCUT2D eigenvalue weighted by atomic mass is 10.1. The third-order valence-electron chi connectivity index (χ3n) is 2.81. The summed E-state index contributed by atoms with van der Waals surface area (Å²) in [7, 11) is 0. The molecule has 2 rings (SSSR count). The minimum absolute atomic E-state index is 0.0950. The van der Waals surface area contributed by atoms with Crippen LogP contribution in [0.4, 0.5) is 8.78 Å². The van der Waals surface area contributed by atoms with Crippen LogP contribution in [0.3, 0.4) is 0 Å². The van der Waals surface area contributed by atoms with Crippen LogP contribution >= 0.6 is 0 Å². The molecule has 102 valence electrons. The molecule has 0 spiro atoms. The molecule has 19 heavy (non-hydrogen) atoms. The molecule has 2 aromatic rings. The zero-order chi connectivity index (χ0) is 13.8. The number of alkyl halides is 2. The molecule has 2 N–H and O–H groups in total. The first-order chi connectivity index (χ1) is 9.11. The van der Waals surface area contributed by atoms with Gasteiger partial charge in [0.25, 0.3) is 0 Å². The van der Waals surface area contributed by atoms with Crippen LogP contribution in [-0.4, -0.2) is 16.2 Å². The molecule has 6 heteroatoms. The fourth-order valence-corrected chi connectivity index (χ4v) is 1.90. The molecular weight excluding hydrogens is 252 g/mol. The molecule has 1 atom stereocenters.